The lowest BCUT2D eigenvalue weighted by Gasteiger charge is -2.15. The van der Waals surface area contributed by atoms with Crippen molar-refractivity contribution in [2.75, 3.05) is 0 Å². The van der Waals surface area contributed by atoms with Crippen molar-refractivity contribution < 1.29 is 9.59 Å². The first kappa shape index (κ1) is 11.1. The van der Waals surface area contributed by atoms with Gasteiger partial charge in [-0.2, -0.15) is 9.98 Å². The maximum absolute atomic E-state index is 10.2. The van der Waals surface area contributed by atoms with Gasteiger partial charge in [0.15, 0.2) is 5.66 Å². The van der Waals surface area contributed by atoms with Crippen LogP contribution >= 0.6 is 0 Å². The molecule has 0 saturated carbocycles. The molecule has 0 atom stereocenters. The van der Waals surface area contributed by atoms with Crippen LogP contribution in [-0.4, -0.2) is 17.8 Å². The van der Waals surface area contributed by atoms with Crippen molar-refractivity contribution in [2.45, 2.75) is 19.0 Å². The molecule has 76 valence electrons. The van der Waals surface area contributed by atoms with Crippen LogP contribution in [0.2, 0.25) is 0 Å². The van der Waals surface area contributed by atoms with Crippen molar-refractivity contribution in [3.63, 3.8) is 0 Å². The van der Waals surface area contributed by atoms with Crippen molar-refractivity contribution in [1.82, 2.24) is 0 Å². The average Bonchev–Trinajstić information content (AvgIpc) is 2.19. The average molecular weight is 202 g/mol. The first-order chi connectivity index (χ1) is 7.20. The van der Waals surface area contributed by atoms with Crippen LogP contribution in [0.4, 0.5) is 0 Å². The molecule has 0 fully saturated rings. The first-order valence-corrected chi connectivity index (χ1v) is 4.42. The lowest BCUT2D eigenvalue weighted by atomic mass is 10.0. The molecule has 0 bridgehead atoms. The largest absolute Gasteiger partial charge is 0.237 e. The summed E-state index contributed by atoms with van der Waals surface area (Å²) >= 11 is 0. The van der Waals surface area contributed by atoms with Crippen molar-refractivity contribution >= 4 is 12.2 Å². The van der Waals surface area contributed by atoms with Crippen molar-refractivity contribution in [3.8, 4) is 0 Å². The molecule has 0 spiro atoms. The van der Waals surface area contributed by atoms with Gasteiger partial charge in [-0.05, 0) is 12.5 Å². The topological polar surface area (TPSA) is 58.9 Å². The van der Waals surface area contributed by atoms with E-state index in [1.165, 1.54) is 12.2 Å². The van der Waals surface area contributed by atoms with Gasteiger partial charge in [0.2, 0.25) is 12.2 Å². The van der Waals surface area contributed by atoms with E-state index < -0.39 is 5.66 Å². The Labute approximate surface area is 87.4 Å². The second-order valence-electron chi connectivity index (χ2n) is 3.29. The van der Waals surface area contributed by atoms with Gasteiger partial charge in [0.1, 0.15) is 0 Å². The fourth-order valence-corrected chi connectivity index (χ4v) is 1.28. The summed E-state index contributed by atoms with van der Waals surface area (Å²) < 4.78 is 0. The molecule has 0 aliphatic carbocycles. The van der Waals surface area contributed by atoms with E-state index in [1.807, 2.05) is 30.3 Å². The smallest absolute Gasteiger partial charge is 0.211 e. The molecule has 0 unspecified atom stereocenters. The minimum atomic E-state index is -1.09. The molecule has 4 nitrogen and oxygen atoms in total. The zero-order valence-electron chi connectivity index (χ0n) is 8.30. The Hall–Kier alpha value is -2.02. The van der Waals surface area contributed by atoms with E-state index in [0.717, 1.165) is 5.56 Å². The van der Waals surface area contributed by atoms with Gasteiger partial charge in [-0.15, -0.1) is 0 Å². The highest BCUT2D eigenvalue weighted by Crippen LogP contribution is 2.17. The number of hydrogen-bond donors (Lipinski definition) is 0. The Kier molecular flexibility index (Phi) is 3.69. The minimum Gasteiger partial charge on any atom is -0.211 e. The number of isocyanates is 2. The summed E-state index contributed by atoms with van der Waals surface area (Å²) in [5.74, 6) is 0. The Morgan fingerprint density at radius 3 is 2.13 bits per heavy atom. The van der Waals surface area contributed by atoms with Crippen molar-refractivity contribution in [3.05, 3.63) is 35.9 Å². The summed E-state index contributed by atoms with van der Waals surface area (Å²) in [7, 11) is 0. The molecule has 1 rings (SSSR count). The molecule has 0 saturated heterocycles. The minimum absolute atomic E-state index is 0.373. The number of carbonyl (C=O) groups excluding carboxylic acids is 2. The Morgan fingerprint density at radius 2 is 1.67 bits per heavy atom. The van der Waals surface area contributed by atoms with E-state index in [2.05, 4.69) is 9.98 Å². The number of aliphatic imine (C=N–C) groups is 2. The highest BCUT2D eigenvalue weighted by atomic mass is 16.1. The van der Waals surface area contributed by atoms with Crippen LogP contribution in [0.25, 0.3) is 0 Å². The van der Waals surface area contributed by atoms with Crippen LogP contribution in [-0.2, 0) is 16.0 Å². The number of hydrogen-bond acceptors (Lipinski definition) is 4. The second kappa shape index (κ2) is 5.01. The highest BCUT2D eigenvalue weighted by molar-refractivity contribution is 5.39. The zero-order chi connectivity index (χ0) is 11.1. The van der Waals surface area contributed by atoms with Crippen LogP contribution in [0, 0.1) is 0 Å². The molecular formula is C11H10N2O2. The Balaban J connectivity index is 2.94. The quantitative estimate of drug-likeness (QED) is 0.550. The molecule has 4 heteroatoms. The van der Waals surface area contributed by atoms with E-state index in [0.29, 0.717) is 6.42 Å². The van der Waals surface area contributed by atoms with Gasteiger partial charge in [-0.25, -0.2) is 9.59 Å². The molecule has 0 amide bonds. The third kappa shape index (κ3) is 3.31. The molecule has 0 aliphatic heterocycles. The van der Waals surface area contributed by atoms with Gasteiger partial charge in [0.25, 0.3) is 0 Å². The van der Waals surface area contributed by atoms with Crippen LogP contribution in [0.15, 0.2) is 40.3 Å². The molecule has 15 heavy (non-hydrogen) atoms. The first-order valence-electron chi connectivity index (χ1n) is 4.42. The summed E-state index contributed by atoms with van der Waals surface area (Å²) in [6.07, 6.45) is 3.20. The van der Waals surface area contributed by atoms with Gasteiger partial charge in [0.05, 0.1) is 0 Å². The summed E-state index contributed by atoms with van der Waals surface area (Å²) in [6, 6.07) is 9.36. The molecule has 0 aromatic heterocycles. The van der Waals surface area contributed by atoms with E-state index in [-0.39, 0.29) is 0 Å². The van der Waals surface area contributed by atoms with Gasteiger partial charge < -0.3 is 0 Å². The molecular weight excluding hydrogens is 192 g/mol. The summed E-state index contributed by atoms with van der Waals surface area (Å²) in [6.45, 7) is 1.58. The van der Waals surface area contributed by atoms with E-state index in [4.69, 9.17) is 0 Å². The van der Waals surface area contributed by atoms with Crippen LogP contribution < -0.4 is 0 Å². The standard InChI is InChI=1S/C11H10N2O2/c1-11(12-8-14,13-9-15)7-10-5-3-2-4-6-10/h2-6H,7H2,1H3. The molecule has 0 radical (unpaired) electrons. The lowest BCUT2D eigenvalue weighted by molar-refractivity contribution is 0.472. The predicted octanol–water partition coefficient (Wildman–Crippen LogP) is 1.62. The second-order valence-corrected chi connectivity index (χ2v) is 3.29. The maximum Gasteiger partial charge on any atom is 0.237 e. The monoisotopic (exact) mass is 202 g/mol. The van der Waals surface area contributed by atoms with Crippen molar-refractivity contribution in [2.24, 2.45) is 9.98 Å². The zero-order valence-corrected chi connectivity index (χ0v) is 8.30. The maximum atomic E-state index is 10.2. The molecule has 1 aromatic carbocycles. The third-order valence-corrected chi connectivity index (χ3v) is 1.95. The van der Waals surface area contributed by atoms with Gasteiger partial charge >= 0.3 is 0 Å². The van der Waals surface area contributed by atoms with Crippen molar-refractivity contribution in [1.29, 1.82) is 0 Å². The summed E-state index contributed by atoms with van der Waals surface area (Å²) in [4.78, 5) is 27.4. The Bertz CT molecular complexity index is 397. The molecule has 0 N–H and O–H groups in total. The van der Waals surface area contributed by atoms with Gasteiger partial charge in [0, 0.05) is 6.42 Å². The molecule has 0 aliphatic rings. The predicted molar refractivity (Wildman–Crippen MR) is 54.8 cm³/mol. The van der Waals surface area contributed by atoms with Crippen LogP contribution in [0.5, 0.6) is 0 Å². The van der Waals surface area contributed by atoms with E-state index >= 15 is 0 Å². The van der Waals surface area contributed by atoms with Gasteiger partial charge in [-0.1, -0.05) is 30.3 Å². The fourth-order valence-electron chi connectivity index (χ4n) is 1.28. The fraction of sp³-hybridized carbons (Fsp3) is 0.273. The van der Waals surface area contributed by atoms with E-state index in [1.54, 1.807) is 6.92 Å². The van der Waals surface area contributed by atoms with Crippen LogP contribution in [0.3, 0.4) is 0 Å². The normalized spacial score (nSPS) is 13.1. The van der Waals surface area contributed by atoms with E-state index in [9.17, 15) is 9.59 Å². The van der Waals surface area contributed by atoms with Crippen LogP contribution in [0.1, 0.15) is 12.5 Å². The summed E-state index contributed by atoms with van der Waals surface area (Å²) in [5.41, 5.74) is -0.150. The number of nitrogens with zero attached hydrogens (tertiary/aromatic N) is 2. The van der Waals surface area contributed by atoms with Gasteiger partial charge in [-0.3, -0.25) is 0 Å². The SMILES string of the molecule is CC(Cc1ccccc1)(N=C=O)N=C=O. The molecule has 0 heterocycles. The lowest BCUT2D eigenvalue weighted by Crippen LogP contribution is -2.21. The third-order valence-electron chi connectivity index (χ3n) is 1.95. The Morgan fingerprint density at radius 1 is 1.13 bits per heavy atom. The number of benzene rings is 1. The number of rotatable bonds is 4. The molecule has 1 aromatic rings. The summed E-state index contributed by atoms with van der Waals surface area (Å²) in [5, 5.41) is 0. The highest BCUT2D eigenvalue weighted by Gasteiger charge is 2.22.